The van der Waals surface area contributed by atoms with E-state index in [2.05, 4.69) is 12.2 Å². The minimum absolute atomic E-state index is 0.184. The Hall–Kier alpha value is -0.930. The van der Waals surface area contributed by atoms with E-state index in [0.29, 0.717) is 6.04 Å². The molecule has 3 heteroatoms. The average molecular weight is 237 g/mol. The number of hydrogen-bond donors (Lipinski definition) is 1. The van der Waals surface area contributed by atoms with Gasteiger partial charge in [-0.3, -0.25) is 0 Å². The fourth-order valence-corrected chi connectivity index (χ4v) is 2.17. The van der Waals surface area contributed by atoms with E-state index < -0.39 is 0 Å². The van der Waals surface area contributed by atoms with Crippen LogP contribution in [0, 0.1) is 11.7 Å². The molecule has 0 aromatic heterocycles. The Morgan fingerprint density at radius 2 is 2.00 bits per heavy atom. The van der Waals surface area contributed by atoms with Crippen LogP contribution >= 0.6 is 0 Å². The molecule has 1 aromatic carbocycles. The summed E-state index contributed by atoms with van der Waals surface area (Å²) in [5, 5.41) is 3.57. The highest BCUT2D eigenvalue weighted by molar-refractivity contribution is 5.19. The molecule has 2 rings (SSSR count). The number of hydrogen-bond acceptors (Lipinski definition) is 2. The summed E-state index contributed by atoms with van der Waals surface area (Å²) in [6.45, 7) is 2.86. The minimum atomic E-state index is -0.184. The van der Waals surface area contributed by atoms with E-state index in [1.165, 1.54) is 25.0 Å². The number of rotatable bonds is 6. The molecular weight excluding hydrogens is 217 g/mol. The van der Waals surface area contributed by atoms with Crippen molar-refractivity contribution in [2.75, 3.05) is 13.7 Å². The van der Waals surface area contributed by atoms with Crippen molar-refractivity contribution in [2.24, 2.45) is 5.92 Å². The van der Waals surface area contributed by atoms with Gasteiger partial charge in [0.05, 0.1) is 6.61 Å². The molecule has 94 valence electrons. The van der Waals surface area contributed by atoms with Crippen molar-refractivity contribution in [2.45, 2.75) is 31.8 Å². The van der Waals surface area contributed by atoms with Crippen molar-refractivity contribution >= 4 is 0 Å². The smallest absolute Gasteiger partial charge is 0.123 e. The molecular formula is C14H20FNO. The maximum atomic E-state index is 12.8. The van der Waals surface area contributed by atoms with E-state index in [1.807, 2.05) is 12.1 Å². The third kappa shape index (κ3) is 3.51. The zero-order valence-electron chi connectivity index (χ0n) is 10.4. The van der Waals surface area contributed by atoms with Crippen molar-refractivity contribution in [3.63, 3.8) is 0 Å². The maximum Gasteiger partial charge on any atom is 0.123 e. The summed E-state index contributed by atoms with van der Waals surface area (Å²) in [5.41, 5.74) is 1.12. The summed E-state index contributed by atoms with van der Waals surface area (Å²) in [6, 6.07) is 7.34. The summed E-state index contributed by atoms with van der Waals surface area (Å²) in [5.74, 6) is 0.564. The van der Waals surface area contributed by atoms with Crippen molar-refractivity contribution in [1.29, 1.82) is 0 Å². The van der Waals surface area contributed by atoms with Gasteiger partial charge in [-0.2, -0.15) is 0 Å². The topological polar surface area (TPSA) is 21.3 Å². The fraction of sp³-hybridized carbons (Fsp3) is 0.571. The molecule has 0 radical (unpaired) electrons. The van der Waals surface area contributed by atoms with Gasteiger partial charge in [0.1, 0.15) is 5.82 Å². The Balaban J connectivity index is 1.94. The first-order valence-corrected chi connectivity index (χ1v) is 6.21. The molecule has 1 N–H and O–H groups in total. The van der Waals surface area contributed by atoms with Gasteiger partial charge in [-0.25, -0.2) is 4.39 Å². The maximum absolute atomic E-state index is 12.8. The molecule has 0 aliphatic heterocycles. The standard InChI is InChI=1S/C14H20FNO/c1-10(11-5-7-13(15)8-6-11)16-14(9-17-2)12-3-4-12/h5-8,10,12,14,16H,3-4,9H2,1-2H3. The SMILES string of the molecule is COCC(NC(C)c1ccc(F)cc1)C1CC1. The van der Waals surface area contributed by atoms with Crippen molar-refractivity contribution < 1.29 is 9.13 Å². The third-order valence-electron chi connectivity index (χ3n) is 3.37. The number of benzene rings is 1. The predicted octanol–water partition coefficient (Wildman–Crippen LogP) is 2.90. The molecule has 1 saturated carbocycles. The van der Waals surface area contributed by atoms with Crippen LogP contribution in [-0.2, 0) is 4.74 Å². The lowest BCUT2D eigenvalue weighted by molar-refractivity contribution is 0.152. The van der Waals surface area contributed by atoms with Gasteiger partial charge in [0.2, 0.25) is 0 Å². The second-order valence-corrected chi connectivity index (χ2v) is 4.84. The second kappa shape index (κ2) is 5.61. The largest absolute Gasteiger partial charge is 0.383 e. The Labute approximate surface area is 102 Å². The first-order valence-electron chi connectivity index (χ1n) is 6.21. The van der Waals surface area contributed by atoms with E-state index in [0.717, 1.165) is 18.1 Å². The highest BCUT2D eigenvalue weighted by Gasteiger charge is 2.31. The van der Waals surface area contributed by atoms with E-state index >= 15 is 0 Å². The lowest BCUT2D eigenvalue weighted by Gasteiger charge is -2.23. The van der Waals surface area contributed by atoms with E-state index in [9.17, 15) is 4.39 Å². The minimum Gasteiger partial charge on any atom is -0.383 e. The van der Waals surface area contributed by atoms with Crippen LogP contribution in [0.15, 0.2) is 24.3 Å². The molecule has 0 heterocycles. The van der Waals surface area contributed by atoms with E-state index in [1.54, 1.807) is 7.11 Å². The number of nitrogens with one attached hydrogen (secondary N) is 1. The zero-order valence-corrected chi connectivity index (χ0v) is 10.4. The van der Waals surface area contributed by atoms with Crippen molar-refractivity contribution in [3.05, 3.63) is 35.6 Å². The third-order valence-corrected chi connectivity index (χ3v) is 3.37. The van der Waals surface area contributed by atoms with Gasteiger partial charge in [-0.1, -0.05) is 12.1 Å². The lowest BCUT2D eigenvalue weighted by Crippen LogP contribution is -2.36. The van der Waals surface area contributed by atoms with Gasteiger partial charge in [0, 0.05) is 19.2 Å². The molecule has 2 atom stereocenters. The summed E-state index contributed by atoms with van der Waals surface area (Å²) in [7, 11) is 1.74. The van der Waals surface area contributed by atoms with Gasteiger partial charge in [0.15, 0.2) is 0 Å². The first-order chi connectivity index (χ1) is 8.20. The van der Waals surface area contributed by atoms with Gasteiger partial charge in [-0.05, 0) is 43.4 Å². The van der Waals surface area contributed by atoms with Crippen molar-refractivity contribution in [3.8, 4) is 0 Å². The molecule has 1 aromatic rings. The normalized spacial score (nSPS) is 19.0. The Kier molecular flexibility index (Phi) is 4.13. The average Bonchev–Trinajstić information content (AvgIpc) is 3.13. The molecule has 0 saturated heterocycles. The van der Waals surface area contributed by atoms with Gasteiger partial charge < -0.3 is 10.1 Å². The summed E-state index contributed by atoms with van der Waals surface area (Å²) >= 11 is 0. The molecule has 0 amide bonds. The van der Waals surface area contributed by atoms with Crippen LogP contribution in [0.5, 0.6) is 0 Å². The van der Waals surface area contributed by atoms with E-state index in [4.69, 9.17) is 4.74 Å². The lowest BCUT2D eigenvalue weighted by atomic mass is 10.1. The van der Waals surface area contributed by atoms with Gasteiger partial charge >= 0.3 is 0 Å². The highest BCUT2D eigenvalue weighted by Crippen LogP contribution is 2.33. The Morgan fingerprint density at radius 3 is 2.53 bits per heavy atom. The molecule has 0 spiro atoms. The van der Waals surface area contributed by atoms with Gasteiger partial charge in [-0.15, -0.1) is 0 Å². The molecule has 2 unspecified atom stereocenters. The summed E-state index contributed by atoms with van der Waals surface area (Å²) < 4.78 is 18.1. The highest BCUT2D eigenvalue weighted by atomic mass is 19.1. The van der Waals surface area contributed by atoms with Crippen LogP contribution in [0.2, 0.25) is 0 Å². The van der Waals surface area contributed by atoms with Gasteiger partial charge in [0.25, 0.3) is 0 Å². The molecule has 1 aliphatic rings. The molecule has 0 bridgehead atoms. The second-order valence-electron chi connectivity index (χ2n) is 4.84. The molecule has 1 aliphatic carbocycles. The van der Waals surface area contributed by atoms with Crippen LogP contribution in [-0.4, -0.2) is 19.8 Å². The van der Waals surface area contributed by atoms with Crippen molar-refractivity contribution in [1.82, 2.24) is 5.32 Å². The number of ether oxygens (including phenoxy) is 1. The molecule has 17 heavy (non-hydrogen) atoms. The molecule has 2 nitrogen and oxygen atoms in total. The van der Waals surface area contributed by atoms with E-state index in [-0.39, 0.29) is 11.9 Å². The van der Waals surface area contributed by atoms with Crippen LogP contribution in [0.25, 0.3) is 0 Å². The predicted molar refractivity (Wildman–Crippen MR) is 66.3 cm³/mol. The summed E-state index contributed by atoms with van der Waals surface area (Å²) in [6.07, 6.45) is 2.58. The van der Waals surface area contributed by atoms with Crippen LogP contribution in [0.3, 0.4) is 0 Å². The quantitative estimate of drug-likeness (QED) is 0.821. The molecule has 1 fully saturated rings. The zero-order chi connectivity index (χ0) is 12.3. The van der Waals surface area contributed by atoms with Crippen LogP contribution < -0.4 is 5.32 Å². The Bertz CT molecular complexity index is 348. The summed E-state index contributed by atoms with van der Waals surface area (Å²) in [4.78, 5) is 0. The fourth-order valence-electron chi connectivity index (χ4n) is 2.17. The Morgan fingerprint density at radius 1 is 1.35 bits per heavy atom. The monoisotopic (exact) mass is 237 g/mol. The van der Waals surface area contributed by atoms with Crippen LogP contribution in [0.1, 0.15) is 31.4 Å². The van der Waals surface area contributed by atoms with Crippen LogP contribution in [0.4, 0.5) is 4.39 Å². The first kappa shape index (κ1) is 12.5. The number of methoxy groups -OCH3 is 1. The number of halogens is 1.